The Kier molecular flexibility index (Phi) is 19.0. The second-order valence-electron chi connectivity index (χ2n) is 23.3. The van der Waals surface area contributed by atoms with Crippen LogP contribution in [0.2, 0.25) is 0 Å². The van der Waals surface area contributed by atoms with Crippen molar-refractivity contribution in [2.75, 3.05) is 39.9 Å². The lowest BCUT2D eigenvalue weighted by molar-refractivity contribution is -0.301. The molecule has 20 atom stereocenters. The first-order chi connectivity index (χ1) is 37.0. The molecule has 8 N–H and O–H groups in total. The highest BCUT2D eigenvalue weighted by molar-refractivity contribution is 5.92. The molecular formula is C57H83N5O15. The molecule has 0 aliphatic carbocycles. The molecule has 8 aliphatic heterocycles. The van der Waals surface area contributed by atoms with Gasteiger partial charge in [0.15, 0.2) is 0 Å². The zero-order valence-electron chi connectivity index (χ0n) is 45.0. The van der Waals surface area contributed by atoms with Gasteiger partial charge in [0.25, 0.3) is 0 Å². The second-order valence-corrected chi connectivity index (χ2v) is 23.3. The molecule has 1 aromatic rings. The normalized spacial score (nSPS) is 39.0. The number of aliphatic hydroxyl groups is 2. The SMILES string of the molecule is C=C1C[C@@H]2CC[C@@]34CO[C@@H]5C(C)C(O[C@H]6CC[C@H](CC(=O)C[C@@H]7[C@@H](OC)[C@@H](C[C@H](O)CNC(=O)CNC(=O)[C@H](Cc8ccccc8)NC(=O)CNC(=O)CN)O[C@H]7C[C@H]7O[C@@H](CC[C@@H]1O2)C[C@@H](C)C7=C)O[C@@H]65)[C@@H](O3)[C@H](O)C4. The Morgan fingerprint density at radius 2 is 1.56 bits per heavy atom. The molecule has 426 valence electrons. The number of benzene rings is 1. The van der Waals surface area contributed by atoms with Crippen molar-refractivity contribution in [1.29, 1.82) is 0 Å². The van der Waals surface area contributed by atoms with Crippen LogP contribution in [0.5, 0.6) is 0 Å². The maximum Gasteiger partial charge on any atom is 0.243 e. The van der Waals surface area contributed by atoms with E-state index in [0.717, 1.165) is 48.8 Å². The van der Waals surface area contributed by atoms with E-state index in [1.807, 2.05) is 6.07 Å². The highest BCUT2D eigenvalue weighted by Gasteiger charge is 2.59. The molecule has 0 aromatic heterocycles. The Morgan fingerprint density at radius 3 is 2.34 bits per heavy atom. The van der Waals surface area contributed by atoms with Crippen molar-refractivity contribution >= 4 is 29.4 Å². The van der Waals surface area contributed by atoms with Crippen LogP contribution in [0.1, 0.15) is 103 Å². The third-order valence-electron chi connectivity index (χ3n) is 17.7. The number of fused-ring (bicyclic) bond motifs is 10. The van der Waals surface area contributed by atoms with E-state index >= 15 is 0 Å². The fourth-order valence-electron chi connectivity index (χ4n) is 13.5. The second kappa shape index (κ2) is 25.5. The Hall–Kier alpha value is -4.19. The van der Waals surface area contributed by atoms with Crippen molar-refractivity contribution in [1.82, 2.24) is 21.3 Å². The highest BCUT2D eigenvalue weighted by atomic mass is 16.6. The summed E-state index contributed by atoms with van der Waals surface area (Å²) in [5.41, 5.74) is 7.41. The van der Waals surface area contributed by atoms with E-state index in [-0.39, 0.29) is 112 Å². The van der Waals surface area contributed by atoms with Gasteiger partial charge in [0.2, 0.25) is 23.6 Å². The molecule has 0 radical (unpaired) electrons. The molecule has 10 bridgehead atoms. The number of ketones is 1. The first-order valence-corrected chi connectivity index (χ1v) is 28.2. The van der Waals surface area contributed by atoms with Crippen LogP contribution >= 0.6 is 0 Å². The fourth-order valence-corrected chi connectivity index (χ4v) is 13.5. The Labute approximate surface area is 451 Å². The molecule has 8 aliphatic rings. The van der Waals surface area contributed by atoms with Crippen molar-refractivity contribution in [3.8, 4) is 0 Å². The number of aliphatic hydroxyl groups excluding tert-OH is 2. The number of nitrogens with two attached hydrogens (primary N) is 1. The molecule has 1 spiro atoms. The molecule has 77 heavy (non-hydrogen) atoms. The number of carbonyl (C=O) groups is 5. The maximum absolute atomic E-state index is 14.5. The van der Waals surface area contributed by atoms with Crippen LogP contribution < -0.4 is 27.0 Å². The van der Waals surface area contributed by atoms with Crippen LogP contribution in [0, 0.1) is 17.8 Å². The first-order valence-electron chi connectivity index (χ1n) is 28.2. The number of carbonyl (C=O) groups excluding carboxylic acids is 5. The lowest BCUT2D eigenvalue weighted by Gasteiger charge is -2.52. The minimum absolute atomic E-state index is 0.00777. The number of methoxy groups -OCH3 is 1. The number of hydrogen-bond acceptors (Lipinski definition) is 16. The largest absolute Gasteiger partial charge is 0.391 e. The van der Waals surface area contributed by atoms with E-state index in [0.29, 0.717) is 38.7 Å². The summed E-state index contributed by atoms with van der Waals surface area (Å²) in [6.45, 7) is 12.2. The van der Waals surface area contributed by atoms with E-state index in [4.69, 9.17) is 43.6 Å². The number of amides is 4. The molecule has 8 heterocycles. The summed E-state index contributed by atoms with van der Waals surface area (Å²) in [5.74, 6) is -2.73. The summed E-state index contributed by atoms with van der Waals surface area (Å²) in [6.07, 6.45) is 0.626. The summed E-state index contributed by atoms with van der Waals surface area (Å²) in [4.78, 5) is 65.3. The van der Waals surface area contributed by atoms with E-state index < -0.39 is 90.5 Å². The number of Topliss-reactive ketones (excluding diaryl/α,β-unsaturated/α-hetero) is 1. The van der Waals surface area contributed by atoms with Gasteiger partial charge < -0.3 is 75.1 Å². The zero-order chi connectivity index (χ0) is 54.5. The molecule has 1 aromatic carbocycles. The summed E-state index contributed by atoms with van der Waals surface area (Å²) >= 11 is 0. The first kappa shape index (κ1) is 57.5. The minimum atomic E-state index is -1.10. The molecule has 8 saturated heterocycles. The summed E-state index contributed by atoms with van der Waals surface area (Å²) < 4.78 is 53.8. The summed E-state index contributed by atoms with van der Waals surface area (Å²) in [6, 6.07) is 7.96. The lowest BCUT2D eigenvalue weighted by atomic mass is 9.80. The quantitative estimate of drug-likeness (QED) is 0.131. The van der Waals surface area contributed by atoms with Gasteiger partial charge in [0.1, 0.15) is 24.0 Å². The number of rotatable bonds is 14. The van der Waals surface area contributed by atoms with Gasteiger partial charge in [-0.1, -0.05) is 57.3 Å². The van der Waals surface area contributed by atoms with Gasteiger partial charge in [-0.2, -0.15) is 0 Å². The van der Waals surface area contributed by atoms with Crippen molar-refractivity contribution in [3.63, 3.8) is 0 Å². The Bertz CT molecular complexity index is 2270. The molecule has 4 amide bonds. The Balaban J connectivity index is 0.866. The van der Waals surface area contributed by atoms with Gasteiger partial charge >= 0.3 is 0 Å². The number of nitrogens with one attached hydrogen (secondary N) is 4. The van der Waals surface area contributed by atoms with Crippen molar-refractivity contribution < 1.29 is 72.1 Å². The van der Waals surface area contributed by atoms with Crippen LogP contribution in [0.3, 0.4) is 0 Å². The van der Waals surface area contributed by atoms with Gasteiger partial charge in [-0.3, -0.25) is 24.0 Å². The van der Waals surface area contributed by atoms with Crippen LogP contribution in [0.25, 0.3) is 0 Å². The van der Waals surface area contributed by atoms with Crippen LogP contribution in [-0.2, 0) is 68.3 Å². The highest BCUT2D eigenvalue weighted by Crippen LogP contribution is 2.48. The van der Waals surface area contributed by atoms with E-state index in [2.05, 4.69) is 48.3 Å². The number of ether oxygens (including phenoxy) is 8. The predicted octanol–water partition coefficient (Wildman–Crippen LogP) is 1.79. The third kappa shape index (κ3) is 13.9. The van der Waals surface area contributed by atoms with Crippen LogP contribution in [0.4, 0.5) is 0 Å². The Morgan fingerprint density at radius 1 is 0.805 bits per heavy atom. The van der Waals surface area contributed by atoms with Gasteiger partial charge in [-0.15, -0.1) is 0 Å². The minimum Gasteiger partial charge on any atom is -0.391 e. The molecule has 2 unspecified atom stereocenters. The van der Waals surface area contributed by atoms with Crippen molar-refractivity contribution in [3.05, 3.63) is 60.2 Å². The van der Waals surface area contributed by atoms with Crippen molar-refractivity contribution in [2.24, 2.45) is 23.5 Å². The number of hydrogen-bond donors (Lipinski definition) is 7. The topological polar surface area (TPSA) is 274 Å². The van der Waals surface area contributed by atoms with E-state index in [9.17, 15) is 34.2 Å². The van der Waals surface area contributed by atoms with Gasteiger partial charge in [0, 0.05) is 64.0 Å². The summed E-state index contributed by atoms with van der Waals surface area (Å²) in [5, 5.41) is 33.3. The molecule has 9 rings (SSSR count). The van der Waals surface area contributed by atoms with Crippen LogP contribution in [0.15, 0.2) is 54.6 Å². The van der Waals surface area contributed by atoms with Crippen molar-refractivity contribution in [2.45, 2.75) is 207 Å². The molecule has 20 nitrogen and oxygen atoms in total. The van der Waals surface area contributed by atoms with Gasteiger partial charge in [-0.25, -0.2) is 0 Å². The monoisotopic (exact) mass is 1080 g/mol. The average Bonchev–Trinajstić information content (AvgIpc) is 4.10. The molecular weight excluding hydrogens is 995 g/mol. The predicted molar refractivity (Wildman–Crippen MR) is 279 cm³/mol. The fraction of sp³-hybridized carbons (Fsp3) is 0.737. The summed E-state index contributed by atoms with van der Waals surface area (Å²) in [7, 11) is 1.58. The lowest BCUT2D eigenvalue weighted by Crippen LogP contribution is -2.63. The molecule has 8 fully saturated rings. The molecule has 0 saturated carbocycles. The standard InChI is InChI=1S/C57H83N5O15/c1-30-17-37-11-13-43-31(2)18-39(72-43)15-16-57-24-42(65)54(77-57)52-33(4)51(71-29-57)55-44(76-52)14-12-38(74-55)20-35(63)21-40-46(23-45(73-37)32(30)3)75-47(53(40)70-5)22-36(64)26-59-49(67)27-61-56(69)41(19-34-9-7-6-8-10-34)62-50(68)28-60-48(66)25-58/h6-10,30,33,36-47,51-55,64-65H,2-3,11-29,58H2,1,4-5H3,(H,59,67)(H,60,66)(H,61,69)(H,62,68)/t30-,33?,36+,37+,38-,39+,40+,41+,42-,43+,44+,45-,46+,47-,51-,52?,53-,54+,55+,57-/m1/s1. The average molecular weight is 1080 g/mol. The van der Waals surface area contributed by atoms with Crippen LogP contribution in [-0.4, -0.2) is 183 Å². The van der Waals surface area contributed by atoms with Gasteiger partial charge in [-0.05, 0) is 74.0 Å². The third-order valence-corrected chi connectivity index (χ3v) is 17.7. The van der Waals surface area contributed by atoms with E-state index in [1.165, 1.54) is 0 Å². The maximum atomic E-state index is 14.5. The van der Waals surface area contributed by atoms with E-state index in [1.54, 1.807) is 31.4 Å². The molecule has 20 heteroatoms. The smallest absolute Gasteiger partial charge is 0.243 e. The van der Waals surface area contributed by atoms with Gasteiger partial charge in [0.05, 0.1) is 111 Å². The zero-order valence-corrected chi connectivity index (χ0v) is 45.0.